The van der Waals surface area contributed by atoms with Gasteiger partial charge in [-0.05, 0) is 70.9 Å². The van der Waals surface area contributed by atoms with Crippen LogP contribution in [-0.4, -0.2) is 30.1 Å². The summed E-state index contributed by atoms with van der Waals surface area (Å²) in [6.07, 6.45) is -13.8. The number of aryl methyl sites for hydroxylation is 1. The number of carbonyl (C=O) groups excluding carboxylic acids is 2. The molecule has 0 fully saturated rings. The van der Waals surface area contributed by atoms with Crippen molar-refractivity contribution >= 4 is 50.7 Å². The Hall–Kier alpha value is -4.28. The van der Waals surface area contributed by atoms with E-state index in [2.05, 4.69) is 21.2 Å². The zero-order valence-corrected chi connectivity index (χ0v) is 23.8. The maximum Gasteiger partial charge on any atom is 0.457 e. The van der Waals surface area contributed by atoms with Crippen LogP contribution in [0.25, 0.3) is 0 Å². The average molecular weight is 712 g/mol. The predicted octanol–water partition coefficient (Wildman–Crippen LogP) is 8.58. The Labute approximate surface area is 255 Å². The quantitative estimate of drug-likeness (QED) is 0.250. The minimum absolute atomic E-state index is 0.0459. The molecule has 0 heterocycles. The van der Waals surface area contributed by atoms with Crippen LogP contribution in [0.5, 0.6) is 0 Å². The highest BCUT2D eigenvalue weighted by Crippen LogP contribution is 2.60. The van der Waals surface area contributed by atoms with Crippen molar-refractivity contribution in [2.45, 2.75) is 30.9 Å². The van der Waals surface area contributed by atoms with Crippen molar-refractivity contribution in [2.75, 3.05) is 10.6 Å². The summed E-state index contributed by atoms with van der Waals surface area (Å²) in [4.78, 5) is 25.8. The maximum atomic E-state index is 15.1. The molecule has 230 valence electrons. The van der Waals surface area contributed by atoms with Gasteiger partial charge in [0.25, 0.3) is 11.8 Å². The number of alkyl halides is 9. The number of anilines is 2. The van der Waals surface area contributed by atoms with Crippen LogP contribution < -0.4 is 10.6 Å². The van der Waals surface area contributed by atoms with E-state index in [4.69, 9.17) is 16.9 Å². The molecule has 17 heteroatoms. The van der Waals surface area contributed by atoms with Crippen LogP contribution in [0.3, 0.4) is 0 Å². The molecule has 0 aliphatic heterocycles. The number of nitriles is 2. The van der Waals surface area contributed by atoms with Crippen molar-refractivity contribution in [1.29, 1.82) is 10.5 Å². The van der Waals surface area contributed by atoms with Gasteiger partial charge in [-0.3, -0.25) is 9.59 Å². The number of nitrogens with zero attached hydrogens (tertiary/aromatic N) is 2. The summed E-state index contributed by atoms with van der Waals surface area (Å²) in [5.41, 5.74) is -9.64. The first-order valence-corrected chi connectivity index (χ1v) is 12.7. The Kier molecular flexibility index (Phi) is 9.34. The standard InChI is InChI=1S/C27H13BrClF9N4O2/c1-12-8-13(10-39)2-5-16(12)23(44)41-19-9-14(3-4-15(19)11-40)22(43)42-21-18(29)7-6-17(20(21)28)24(30,26(33,34)35)25(31,32)27(36,37)38/h2-9H,1H3,(H,41,44)(H,42,43). The molecule has 6 nitrogen and oxygen atoms in total. The van der Waals surface area contributed by atoms with Crippen molar-refractivity contribution in [3.05, 3.63) is 91.4 Å². The average Bonchev–Trinajstić information content (AvgIpc) is 2.93. The summed E-state index contributed by atoms with van der Waals surface area (Å²) in [5, 5.41) is 22.0. The zero-order chi connectivity index (χ0) is 33.4. The summed E-state index contributed by atoms with van der Waals surface area (Å²) in [7, 11) is 0. The second-order valence-corrected chi connectivity index (χ2v) is 10.1. The van der Waals surface area contributed by atoms with E-state index in [0.717, 1.165) is 18.2 Å². The van der Waals surface area contributed by atoms with Crippen LogP contribution in [0.15, 0.2) is 53.0 Å². The third-order valence-corrected chi connectivity index (χ3v) is 7.27. The number of rotatable bonds is 6. The molecule has 0 saturated carbocycles. The Morgan fingerprint density at radius 2 is 1.45 bits per heavy atom. The summed E-state index contributed by atoms with van der Waals surface area (Å²) in [6.45, 7) is 1.52. The lowest BCUT2D eigenvalue weighted by atomic mass is 9.87. The van der Waals surface area contributed by atoms with Crippen molar-refractivity contribution in [1.82, 2.24) is 0 Å². The first-order chi connectivity index (χ1) is 20.2. The molecule has 0 aliphatic carbocycles. The Morgan fingerprint density at radius 3 is 1.98 bits per heavy atom. The highest BCUT2D eigenvalue weighted by atomic mass is 79.9. The fourth-order valence-electron chi connectivity index (χ4n) is 3.88. The number of amides is 2. The molecule has 44 heavy (non-hydrogen) atoms. The fourth-order valence-corrected chi connectivity index (χ4v) is 4.91. The highest BCUT2D eigenvalue weighted by Gasteiger charge is 2.82. The minimum atomic E-state index is -6.99. The van der Waals surface area contributed by atoms with Gasteiger partial charge in [-0.15, -0.1) is 0 Å². The molecule has 0 spiro atoms. The fraction of sp³-hybridized carbons (Fsp3) is 0.185. The number of halogens is 11. The van der Waals surface area contributed by atoms with Gasteiger partial charge >= 0.3 is 23.9 Å². The van der Waals surface area contributed by atoms with E-state index >= 15 is 4.39 Å². The normalized spacial score (nSPS) is 13.3. The van der Waals surface area contributed by atoms with Crippen molar-refractivity contribution in [2.24, 2.45) is 0 Å². The molecule has 1 atom stereocenters. The lowest BCUT2D eigenvalue weighted by Crippen LogP contribution is -2.59. The zero-order valence-electron chi connectivity index (χ0n) is 21.5. The number of hydrogen-bond acceptors (Lipinski definition) is 4. The first kappa shape index (κ1) is 34.2. The first-order valence-electron chi connectivity index (χ1n) is 11.6. The minimum Gasteiger partial charge on any atom is -0.321 e. The van der Waals surface area contributed by atoms with Gasteiger partial charge in [0.15, 0.2) is 0 Å². The van der Waals surface area contributed by atoms with Crippen LogP contribution in [0, 0.1) is 29.6 Å². The third kappa shape index (κ3) is 6.05. The van der Waals surface area contributed by atoms with Crippen molar-refractivity contribution < 1.29 is 49.1 Å². The van der Waals surface area contributed by atoms with E-state index in [1.54, 1.807) is 6.07 Å². The van der Waals surface area contributed by atoms with Crippen LogP contribution in [-0.2, 0) is 5.67 Å². The van der Waals surface area contributed by atoms with E-state index in [-0.39, 0.29) is 28.4 Å². The number of benzene rings is 3. The molecular formula is C27H13BrClF9N4O2. The van der Waals surface area contributed by atoms with Crippen molar-refractivity contribution in [3.8, 4) is 12.1 Å². The molecule has 3 aromatic carbocycles. The smallest absolute Gasteiger partial charge is 0.321 e. The van der Waals surface area contributed by atoms with E-state index < -0.39 is 62.1 Å². The topological polar surface area (TPSA) is 106 Å². The van der Waals surface area contributed by atoms with Crippen LogP contribution in [0.1, 0.15) is 43.0 Å². The van der Waals surface area contributed by atoms with Crippen LogP contribution in [0.4, 0.5) is 50.9 Å². The van der Waals surface area contributed by atoms with E-state index in [9.17, 15) is 50.0 Å². The third-order valence-electron chi connectivity index (χ3n) is 6.13. The molecule has 3 aromatic rings. The Morgan fingerprint density at radius 1 is 0.818 bits per heavy atom. The van der Waals surface area contributed by atoms with Crippen LogP contribution in [0.2, 0.25) is 5.02 Å². The largest absolute Gasteiger partial charge is 0.457 e. The highest BCUT2D eigenvalue weighted by molar-refractivity contribution is 9.10. The van der Waals surface area contributed by atoms with Gasteiger partial charge in [0.1, 0.15) is 6.07 Å². The summed E-state index contributed by atoms with van der Waals surface area (Å²) < 4.78 is 122. The molecule has 0 aromatic heterocycles. The predicted molar refractivity (Wildman–Crippen MR) is 142 cm³/mol. The van der Waals surface area contributed by atoms with E-state index in [1.807, 2.05) is 11.4 Å². The molecule has 0 aliphatic rings. The number of nitrogens with one attached hydrogen (secondary N) is 2. The Bertz CT molecular complexity index is 1750. The molecular weight excluding hydrogens is 699 g/mol. The number of hydrogen-bond donors (Lipinski definition) is 2. The molecule has 0 bridgehead atoms. The van der Waals surface area contributed by atoms with Gasteiger partial charge < -0.3 is 10.6 Å². The van der Waals surface area contributed by atoms with Crippen molar-refractivity contribution in [3.63, 3.8) is 0 Å². The molecule has 1 unspecified atom stereocenters. The van der Waals surface area contributed by atoms with E-state index in [1.165, 1.54) is 25.1 Å². The van der Waals surface area contributed by atoms with Gasteiger partial charge in [-0.2, -0.15) is 45.6 Å². The molecule has 2 amide bonds. The second-order valence-electron chi connectivity index (χ2n) is 8.93. The van der Waals surface area contributed by atoms with Gasteiger partial charge in [0.2, 0.25) is 0 Å². The second kappa shape index (κ2) is 12.0. The van der Waals surface area contributed by atoms with Gasteiger partial charge in [-0.25, -0.2) is 4.39 Å². The summed E-state index contributed by atoms with van der Waals surface area (Å²) >= 11 is 8.25. The van der Waals surface area contributed by atoms with Crippen LogP contribution >= 0.6 is 27.5 Å². The lowest BCUT2D eigenvalue weighted by molar-refractivity contribution is -0.389. The number of carbonyl (C=O) groups is 2. The van der Waals surface area contributed by atoms with Gasteiger partial charge in [-0.1, -0.05) is 17.7 Å². The van der Waals surface area contributed by atoms with E-state index in [0.29, 0.717) is 11.6 Å². The molecule has 0 radical (unpaired) electrons. The lowest BCUT2D eigenvalue weighted by Gasteiger charge is -2.37. The van der Waals surface area contributed by atoms with Gasteiger partial charge in [0.05, 0.1) is 33.6 Å². The monoisotopic (exact) mass is 710 g/mol. The SMILES string of the molecule is Cc1cc(C#N)ccc1C(=O)Nc1cc(C(=O)Nc2c(Cl)ccc(C(F)(C(F)(F)F)C(F)(F)C(F)(F)F)c2Br)ccc1C#N. The molecule has 0 saturated heterocycles. The molecule has 3 rings (SSSR count). The summed E-state index contributed by atoms with van der Waals surface area (Å²) in [5.74, 6) is -9.02. The maximum absolute atomic E-state index is 15.1. The summed E-state index contributed by atoms with van der Waals surface area (Å²) in [6, 6.07) is 11.1. The van der Waals surface area contributed by atoms with Gasteiger partial charge in [0, 0.05) is 21.2 Å². The molecule has 2 N–H and O–H groups in total. The Balaban J connectivity index is 2.05.